The first-order valence-electron chi connectivity index (χ1n) is 8.33. The van der Waals surface area contributed by atoms with E-state index in [-0.39, 0.29) is 11.8 Å². The molecule has 1 fully saturated rings. The van der Waals surface area contributed by atoms with Crippen molar-refractivity contribution in [3.63, 3.8) is 0 Å². The minimum absolute atomic E-state index is 0.184. The Labute approximate surface area is 141 Å². The van der Waals surface area contributed by atoms with Gasteiger partial charge in [0.15, 0.2) is 0 Å². The minimum atomic E-state index is -0.594. The van der Waals surface area contributed by atoms with E-state index in [1.165, 1.54) is 19.3 Å². The zero-order valence-corrected chi connectivity index (χ0v) is 14.0. The maximum absolute atomic E-state index is 12.2. The average Bonchev–Trinajstić information content (AvgIpc) is 3.09. The summed E-state index contributed by atoms with van der Waals surface area (Å²) in [6.45, 7) is 0.557. The third-order valence-electron chi connectivity index (χ3n) is 4.48. The molecular formula is C19H23NO2S. The number of carbonyl (C=O) groups is 1. The number of aliphatic hydroxyl groups is 1. The van der Waals surface area contributed by atoms with Crippen molar-refractivity contribution in [1.29, 1.82) is 0 Å². The van der Waals surface area contributed by atoms with Gasteiger partial charge in [-0.15, -0.1) is 11.3 Å². The van der Waals surface area contributed by atoms with Gasteiger partial charge in [-0.25, -0.2) is 0 Å². The van der Waals surface area contributed by atoms with Crippen LogP contribution in [0.4, 0.5) is 0 Å². The first kappa shape index (κ1) is 16.2. The van der Waals surface area contributed by atoms with E-state index in [2.05, 4.69) is 5.32 Å². The van der Waals surface area contributed by atoms with Crippen LogP contribution in [-0.4, -0.2) is 11.0 Å². The standard InChI is InChI=1S/C19H23NO2S/c21-18(14-7-3-1-4-8-14)17-12-11-16(23-17)13-20-19(22)15-9-5-2-6-10-15/h1,3-4,7-8,11-12,15,18,21H,2,5-6,9-10,13H2,(H,20,22). The molecule has 1 aliphatic rings. The second-order valence-electron chi connectivity index (χ2n) is 6.17. The number of thiophene rings is 1. The normalized spacial score (nSPS) is 16.9. The summed E-state index contributed by atoms with van der Waals surface area (Å²) >= 11 is 1.56. The molecule has 23 heavy (non-hydrogen) atoms. The van der Waals surface area contributed by atoms with Crippen molar-refractivity contribution < 1.29 is 9.90 Å². The molecule has 0 bridgehead atoms. The molecule has 1 aromatic heterocycles. The van der Waals surface area contributed by atoms with Crippen LogP contribution in [0.25, 0.3) is 0 Å². The fourth-order valence-corrected chi connectivity index (χ4v) is 4.09. The van der Waals surface area contributed by atoms with Crippen LogP contribution in [0.5, 0.6) is 0 Å². The molecule has 4 heteroatoms. The summed E-state index contributed by atoms with van der Waals surface area (Å²) in [7, 11) is 0. The van der Waals surface area contributed by atoms with Crippen LogP contribution in [0.3, 0.4) is 0 Å². The molecule has 122 valence electrons. The van der Waals surface area contributed by atoms with E-state index in [9.17, 15) is 9.90 Å². The smallest absolute Gasteiger partial charge is 0.223 e. The average molecular weight is 329 g/mol. The lowest BCUT2D eigenvalue weighted by atomic mass is 9.89. The molecule has 2 N–H and O–H groups in total. The van der Waals surface area contributed by atoms with E-state index < -0.39 is 6.10 Å². The Balaban J connectivity index is 1.56. The molecule has 1 aromatic carbocycles. The second kappa shape index (κ2) is 7.75. The quantitative estimate of drug-likeness (QED) is 0.870. The van der Waals surface area contributed by atoms with E-state index in [0.29, 0.717) is 6.54 Å². The van der Waals surface area contributed by atoms with Crippen molar-refractivity contribution in [2.75, 3.05) is 0 Å². The number of aliphatic hydroxyl groups excluding tert-OH is 1. The molecule has 0 aliphatic heterocycles. The Bertz CT molecular complexity index is 632. The minimum Gasteiger partial charge on any atom is -0.383 e. The lowest BCUT2D eigenvalue weighted by molar-refractivity contribution is -0.126. The van der Waals surface area contributed by atoms with Gasteiger partial charge in [-0.2, -0.15) is 0 Å². The van der Waals surface area contributed by atoms with E-state index >= 15 is 0 Å². The molecule has 1 atom stereocenters. The van der Waals surface area contributed by atoms with Gasteiger partial charge >= 0.3 is 0 Å². The van der Waals surface area contributed by atoms with Crippen molar-refractivity contribution >= 4 is 17.2 Å². The van der Waals surface area contributed by atoms with Crippen molar-refractivity contribution in [2.45, 2.75) is 44.8 Å². The highest BCUT2D eigenvalue weighted by Gasteiger charge is 2.21. The van der Waals surface area contributed by atoms with Gasteiger partial charge in [-0.3, -0.25) is 4.79 Å². The number of amides is 1. The molecule has 1 saturated carbocycles. The molecule has 1 heterocycles. The first-order valence-corrected chi connectivity index (χ1v) is 9.15. The van der Waals surface area contributed by atoms with Gasteiger partial charge in [0.1, 0.15) is 6.10 Å². The van der Waals surface area contributed by atoms with Gasteiger partial charge in [0.05, 0.1) is 6.54 Å². The molecular weight excluding hydrogens is 306 g/mol. The number of benzene rings is 1. The Morgan fingerprint density at radius 2 is 1.87 bits per heavy atom. The molecule has 0 spiro atoms. The van der Waals surface area contributed by atoms with Crippen molar-refractivity contribution in [2.24, 2.45) is 5.92 Å². The largest absolute Gasteiger partial charge is 0.383 e. The maximum atomic E-state index is 12.2. The Morgan fingerprint density at radius 1 is 1.13 bits per heavy atom. The Morgan fingerprint density at radius 3 is 2.61 bits per heavy atom. The zero-order chi connectivity index (χ0) is 16.1. The van der Waals surface area contributed by atoms with Crippen LogP contribution < -0.4 is 5.32 Å². The second-order valence-corrected chi connectivity index (χ2v) is 7.37. The first-order chi connectivity index (χ1) is 11.2. The van der Waals surface area contributed by atoms with Gasteiger partial charge in [-0.05, 0) is 30.5 Å². The number of rotatable bonds is 5. The molecule has 2 aromatic rings. The van der Waals surface area contributed by atoms with Crippen molar-refractivity contribution in [3.05, 3.63) is 57.8 Å². The van der Waals surface area contributed by atoms with Crippen molar-refractivity contribution in [3.8, 4) is 0 Å². The summed E-state index contributed by atoms with van der Waals surface area (Å²) in [6, 6.07) is 13.6. The molecule has 0 saturated heterocycles. The summed E-state index contributed by atoms with van der Waals surface area (Å²) in [6.07, 6.45) is 5.05. The third-order valence-corrected chi connectivity index (χ3v) is 5.62. The molecule has 3 rings (SSSR count). The van der Waals surface area contributed by atoms with Crippen LogP contribution in [0, 0.1) is 5.92 Å². The summed E-state index contributed by atoms with van der Waals surface area (Å²) < 4.78 is 0. The summed E-state index contributed by atoms with van der Waals surface area (Å²) in [5, 5.41) is 13.5. The lowest BCUT2D eigenvalue weighted by Crippen LogP contribution is -2.31. The van der Waals surface area contributed by atoms with E-state index in [4.69, 9.17) is 0 Å². The van der Waals surface area contributed by atoms with Crippen LogP contribution >= 0.6 is 11.3 Å². The third kappa shape index (κ3) is 4.21. The van der Waals surface area contributed by atoms with Crippen LogP contribution in [0.1, 0.15) is 53.5 Å². The highest BCUT2D eigenvalue weighted by Crippen LogP contribution is 2.28. The van der Waals surface area contributed by atoms with E-state index in [0.717, 1.165) is 28.2 Å². The van der Waals surface area contributed by atoms with Gasteiger partial charge in [0, 0.05) is 15.7 Å². The van der Waals surface area contributed by atoms with E-state index in [1.807, 2.05) is 42.5 Å². The van der Waals surface area contributed by atoms with Gasteiger partial charge in [0.2, 0.25) is 5.91 Å². The van der Waals surface area contributed by atoms with Gasteiger partial charge < -0.3 is 10.4 Å². The van der Waals surface area contributed by atoms with Gasteiger partial charge in [-0.1, -0.05) is 49.6 Å². The number of hydrogen-bond acceptors (Lipinski definition) is 3. The molecule has 1 amide bonds. The fourth-order valence-electron chi connectivity index (χ4n) is 3.12. The maximum Gasteiger partial charge on any atom is 0.223 e. The molecule has 1 aliphatic carbocycles. The number of hydrogen-bond donors (Lipinski definition) is 2. The lowest BCUT2D eigenvalue weighted by Gasteiger charge is -2.20. The predicted octanol–water partition coefficient (Wildman–Crippen LogP) is 4.03. The molecule has 0 radical (unpaired) electrons. The number of carbonyl (C=O) groups excluding carboxylic acids is 1. The van der Waals surface area contributed by atoms with E-state index in [1.54, 1.807) is 11.3 Å². The monoisotopic (exact) mass is 329 g/mol. The Hall–Kier alpha value is -1.65. The van der Waals surface area contributed by atoms with Crippen LogP contribution in [0.2, 0.25) is 0 Å². The molecule has 3 nitrogen and oxygen atoms in total. The SMILES string of the molecule is O=C(NCc1ccc(C(O)c2ccccc2)s1)C1CCCCC1. The van der Waals surface area contributed by atoms with Crippen molar-refractivity contribution in [1.82, 2.24) is 5.32 Å². The topological polar surface area (TPSA) is 49.3 Å². The predicted molar refractivity (Wildman–Crippen MR) is 93.2 cm³/mol. The van der Waals surface area contributed by atoms with Crippen LogP contribution in [-0.2, 0) is 11.3 Å². The number of nitrogens with one attached hydrogen (secondary N) is 1. The highest BCUT2D eigenvalue weighted by molar-refractivity contribution is 7.12. The van der Waals surface area contributed by atoms with Crippen LogP contribution in [0.15, 0.2) is 42.5 Å². The summed E-state index contributed by atoms with van der Waals surface area (Å²) in [5.41, 5.74) is 0.896. The fraction of sp³-hybridized carbons (Fsp3) is 0.421. The molecule has 1 unspecified atom stereocenters. The summed E-state index contributed by atoms with van der Waals surface area (Å²) in [4.78, 5) is 14.2. The highest BCUT2D eigenvalue weighted by atomic mass is 32.1. The summed E-state index contributed by atoms with van der Waals surface area (Å²) in [5.74, 6) is 0.376. The van der Waals surface area contributed by atoms with Gasteiger partial charge in [0.25, 0.3) is 0 Å². The Kier molecular flexibility index (Phi) is 5.47. The zero-order valence-electron chi connectivity index (χ0n) is 13.2.